The van der Waals surface area contributed by atoms with Crippen molar-refractivity contribution in [3.05, 3.63) is 360 Å². The Bertz CT molecular complexity index is 4700. The third kappa shape index (κ3) is 7.53. The molecule has 6 nitrogen and oxygen atoms in total. The molecule has 6 heteroatoms. The van der Waals surface area contributed by atoms with Crippen molar-refractivity contribution in [2.24, 2.45) is 0 Å². The first-order valence-corrected chi connectivity index (χ1v) is 29.2. The molecule has 86 heavy (non-hydrogen) atoms. The highest BCUT2D eigenvalue weighted by Gasteiger charge is 2.53. The van der Waals surface area contributed by atoms with Gasteiger partial charge in [-0.2, -0.15) is 0 Å². The standard InChI is InChI=1S/C80H52N2O4/c1-6-23-53(24-7-1)54-41-44-61(45-42-54)81(59-30-12-4-13-31-59)63-49-73-78-76(50-63)86-72-48-56(43-46-68(72)80(78,58-28-10-3-11-29-58)67-37-18-21-40-71(67)85-73)55-25-22-34-62(47-55)82(60-32-14-5-15-33-60)64-51-74-77-75(52-64)84-70-39-20-17-36-66(70)79(77,57-26-8-2-9-27-57)65-35-16-19-38-69(65)83-74/h1-52H. The SMILES string of the molecule is c1ccc(-c2ccc(N(c3ccccc3)c3cc4c5c(c3)Oc3cc(-c6cccc(N(c7ccccc7)c7cc8c9c(c7)Oc7ccccc7C9(c7ccccc7)c7ccccc7O8)c6)ccc3C5(c3ccccc3)c3ccccc3O4)cc2)cc1. The van der Waals surface area contributed by atoms with Crippen LogP contribution < -0.4 is 28.7 Å². The summed E-state index contributed by atoms with van der Waals surface area (Å²) >= 11 is 0. The predicted octanol–water partition coefficient (Wildman–Crippen LogP) is 21.1. The highest BCUT2D eigenvalue weighted by molar-refractivity contribution is 5.88. The maximum atomic E-state index is 7.44. The molecule has 1 unspecified atom stereocenters. The fourth-order valence-corrected chi connectivity index (χ4v) is 14.1. The quantitative estimate of drug-likeness (QED) is 0.136. The van der Waals surface area contributed by atoms with Crippen molar-refractivity contribution < 1.29 is 18.9 Å². The summed E-state index contributed by atoms with van der Waals surface area (Å²) in [6.07, 6.45) is 0. The summed E-state index contributed by atoms with van der Waals surface area (Å²) in [5, 5.41) is 0. The minimum atomic E-state index is -0.803. The molecule has 4 heterocycles. The molecule has 0 saturated carbocycles. The number of fused-ring (bicyclic) bond motifs is 8. The minimum absolute atomic E-state index is 0.702. The molecule has 406 valence electrons. The van der Waals surface area contributed by atoms with Crippen LogP contribution in [0.15, 0.2) is 315 Å². The van der Waals surface area contributed by atoms with Gasteiger partial charge in [0.05, 0.1) is 33.3 Å². The van der Waals surface area contributed by atoms with Gasteiger partial charge >= 0.3 is 0 Å². The van der Waals surface area contributed by atoms with E-state index in [0.717, 1.165) is 141 Å². The van der Waals surface area contributed by atoms with E-state index in [9.17, 15) is 0 Å². The van der Waals surface area contributed by atoms with Crippen LogP contribution in [0.3, 0.4) is 0 Å². The van der Waals surface area contributed by atoms with Crippen LogP contribution in [-0.2, 0) is 10.8 Å². The smallest absolute Gasteiger partial charge is 0.138 e. The molecule has 0 N–H and O–H groups in total. The molecule has 0 aliphatic carbocycles. The molecule has 0 fully saturated rings. The van der Waals surface area contributed by atoms with Gasteiger partial charge < -0.3 is 28.7 Å². The molecule has 0 amide bonds. The van der Waals surface area contributed by atoms with Crippen molar-refractivity contribution in [2.45, 2.75) is 10.8 Å². The van der Waals surface area contributed by atoms with Gasteiger partial charge in [-0.15, -0.1) is 0 Å². The molecule has 1 atom stereocenters. The summed E-state index contributed by atoms with van der Waals surface area (Å²) in [6.45, 7) is 0. The zero-order valence-electron chi connectivity index (χ0n) is 46.5. The van der Waals surface area contributed by atoms with Gasteiger partial charge in [0.1, 0.15) is 46.0 Å². The largest absolute Gasteiger partial charge is 0.456 e. The maximum Gasteiger partial charge on any atom is 0.138 e. The molecular formula is C80H52N2O4. The summed E-state index contributed by atoms with van der Waals surface area (Å²) in [6, 6.07) is 112. The van der Waals surface area contributed by atoms with Gasteiger partial charge in [0.25, 0.3) is 0 Å². The van der Waals surface area contributed by atoms with Crippen molar-refractivity contribution in [2.75, 3.05) is 9.80 Å². The summed E-state index contributed by atoms with van der Waals surface area (Å²) in [4.78, 5) is 4.58. The number of para-hydroxylation sites is 5. The number of hydrogen-bond donors (Lipinski definition) is 0. The third-order valence-corrected chi connectivity index (χ3v) is 17.6. The van der Waals surface area contributed by atoms with Gasteiger partial charge in [-0.05, 0) is 106 Å². The number of anilines is 6. The minimum Gasteiger partial charge on any atom is -0.456 e. The molecule has 0 aromatic heterocycles. The second-order valence-corrected chi connectivity index (χ2v) is 22.3. The van der Waals surface area contributed by atoms with Crippen LogP contribution in [0, 0.1) is 0 Å². The first-order chi connectivity index (χ1) is 42.6. The van der Waals surface area contributed by atoms with E-state index in [1.807, 2.05) is 0 Å². The third-order valence-electron chi connectivity index (χ3n) is 17.6. The summed E-state index contributed by atoms with van der Waals surface area (Å²) in [7, 11) is 0. The lowest BCUT2D eigenvalue weighted by Crippen LogP contribution is -2.37. The Morgan fingerprint density at radius 3 is 1.00 bits per heavy atom. The first kappa shape index (κ1) is 49.3. The van der Waals surface area contributed by atoms with Crippen molar-refractivity contribution in [1.82, 2.24) is 0 Å². The Labute approximate surface area is 499 Å². The van der Waals surface area contributed by atoms with Crippen LogP contribution in [0.25, 0.3) is 22.3 Å². The van der Waals surface area contributed by atoms with Crippen molar-refractivity contribution in [3.8, 4) is 68.2 Å². The summed E-state index contributed by atoms with van der Waals surface area (Å²) in [5.74, 6) is 6.09. The van der Waals surface area contributed by atoms with E-state index in [2.05, 4.69) is 325 Å². The van der Waals surface area contributed by atoms with Gasteiger partial charge in [-0.3, -0.25) is 0 Å². The van der Waals surface area contributed by atoms with Gasteiger partial charge in [0.2, 0.25) is 0 Å². The fourth-order valence-electron chi connectivity index (χ4n) is 14.1. The fraction of sp³-hybridized carbons (Fsp3) is 0.0250. The lowest BCUT2D eigenvalue weighted by Gasteiger charge is -2.45. The zero-order valence-corrected chi connectivity index (χ0v) is 46.5. The normalized spacial score (nSPS) is 14.8. The lowest BCUT2D eigenvalue weighted by molar-refractivity contribution is 0.385. The molecule has 0 saturated heterocycles. The van der Waals surface area contributed by atoms with Crippen LogP contribution in [0.1, 0.15) is 44.5 Å². The van der Waals surface area contributed by atoms with Gasteiger partial charge in [-0.1, -0.05) is 218 Å². The Morgan fingerprint density at radius 2 is 0.523 bits per heavy atom. The van der Waals surface area contributed by atoms with Crippen molar-refractivity contribution in [3.63, 3.8) is 0 Å². The van der Waals surface area contributed by atoms with E-state index in [1.165, 1.54) is 0 Å². The average molecular weight is 1110 g/mol. The number of nitrogens with zero attached hydrogens (tertiary/aromatic N) is 2. The Morgan fingerprint density at radius 1 is 0.198 bits per heavy atom. The molecule has 0 radical (unpaired) electrons. The van der Waals surface area contributed by atoms with Crippen LogP contribution in [0.5, 0.6) is 46.0 Å². The summed E-state index contributed by atoms with van der Waals surface area (Å²) < 4.78 is 28.7. The lowest BCUT2D eigenvalue weighted by atomic mass is 9.62. The van der Waals surface area contributed by atoms with E-state index in [4.69, 9.17) is 18.9 Å². The van der Waals surface area contributed by atoms with E-state index in [-0.39, 0.29) is 0 Å². The Kier molecular flexibility index (Phi) is 11.3. The molecule has 13 aromatic rings. The number of rotatable bonds is 10. The predicted molar refractivity (Wildman–Crippen MR) is 344 cm³/mol. The second-order valence-electron chi connectivity index (χ2n) is 22.3. The molecule has 0 spiro atoms. The molecular weight excluding hydrogens is 1050 g/mol. The van der Waals surface area contributed by atoms with Crippen molar-refractivity contribution >= 4 is 34.1 Å². The van der Waals surface area contributed by atoms with Crippen LogP contribution in [0.2, 0.25) is 0 Å². The van der Waals surface area contributed by atoms with E-state index < -0.39 is 10.8 Å². The van der Waals surface area contributed by atoms with Crippen molar-refractivity contribution in [1.29, 1.82) is 0 Å². The Balaban J connectivity index is 0.824. The van der Waals surface area contributed by atoms with Crippen LogP contribution >= 0.6 is 0 Å². The highest BCUT2D eigenvalue weighted by Crippen LogP contribution is 2.66. The Hall–Kier alpha value is -11.3. The van der Waals surface area contributed by atoms with Crippen LogP contribution in [-0.4, -0.2) is 0 Å². The van der Waals surface area contributed by atoms with Crippen LogP contribution in [0.4, 0.5) is 34.1 Å². The number of ether oxygens (including phenoxy) is 4. The van der Waals surface area contributed by atoms with Gasteiger partial charge in [0.15, 0.2) is 0 Å². The molecule has 4 aliphatic rings. The highest BCUT2D eigenvalue weighted by atomic mass is 16.5. The zero-order chi connectivity index (χ0) is 56.8. The summed E-state index contributed by atoms with van der Waals surface area (Å²) in [5.41, 5.74) is 17.0. The van der Waals surface area contributed by atoms with Gasteiger partial charge in [0, 0.05) is 69.3 Å². The van der Waals surface area contributed by atoms with E-state index in [1.54, 1.807) is 0 Å². The van der Waals surface area contributed by atoms with Gasteiger partial charge in [-0.25, -0.2) is 0 Å². The topological polar surface area (TPSA) is 43.4 Å². The number of benzene rings is 13. The van der Waals surface area contributed by atoms with E-state index in [0.29, 0.717) is 5.75 Å². The first-order valence-electron chi connectivity index (χ1n) is 29.2. The number of hydrogen-bond acceptors (Lipinski definition) is 6. The average Bonchev–Trinajstić information content (AvgIpc) is 0.729. The molecule has 17 rings (SSSR count). The molecule has 0 bridgehead atoms. The second kappa shape index (κ2) is 19.7. The van der Waals surface area contributed by atoms with E-state index >= 15 is 0 Å². The molecule has 13 aromatic carbocycles. The molecule has 4 aliphatic heterocycles. The monoisotopic (exact) mass is 1100 g/mol. The maximum absolute atomic E-state index is 7.44.